The van der Waals surface area contributed by atoms with Crippen molar-refractivity contribution >= 4 is 24.1 Å². The highest BCUT2D eigenvalue weighted by Gasteiger charge is 2.14. The quantitative estimate of drug-likeness (QED) is 0.669. The summed E-state index contributed by atoms with van der Waals surface area (Å²) in [7, 11) is 1.60. The van der Waals surface area contributed by atoms with Gasteiger partial charge in [0, 0.05) is 24.9 Å². The molecule has 1 unspecified atom stereocenters. The van der Waals surface area contributed by atoms with Gasteiger partial charge in [0.15, 0.2) is 5.78 Å². The third-order valence-corrected chi connectivity index (χ3v) is 4.26. The highest BCUT2D eigenvalue weighted by Crippen LogP contribution is 2.14. The molecule has 134 valence electrons. The maximum absolute atomic E-state index is 12.0. The average Bonchev–Trinajstić information content (AvgIpc) is 3.08. The van der Waals surface area contributed by atoms with Crippen LogP contribution in [0.5, 0.6) is 5.75 Å². The van der Waals surface area contributed by atoms with Gasteiger partial charge in [-0.25, -0.2) is 0 Å². The second kappa shape index (κ2) is 11.0. The van der Waals surface area contributed by atoms with E-state index in [4.69, 9.17) is 4.74 Å². The number of ketones is 1. The summed E-state index contributed by atoms with van der Waals surface area (Å²) in [5.41, 5.74) is 0.667. The molecule has 6 heteroatoms. The Hall–Kier alpha value is -1.59. The van der Waals surface area contributed by atoms with Gasteiger partial charge in [-0.3, -0.25) is 9.59 Å². The van der Waals surface area contributed by atoms with Crippen LogP contribution >= 0.6 is 12.4 Å². The Balaban J connectivity index is 0.00000288. The molecular weight excluding hydrogens is 328 g/mol. The Labute approximate surface area is 149 Å². The summed E-state index contributed by atoms with van der Waals surface area (Å²) >= 11 is 0. The molecule has 2 N–H and O–H groups in total. The van der Waals surface area contributed by atoms with Crippen molar-refractivity contribution in [1.82, 2.24) is 10.6 Å². The number of rotatable bonds is 9. The molecule has 0 aliphatic carbocycles. The van der Waals surface area contributed by atoms with Crippen LogP contribution in [-0.4, -0.2) is 38.4 Å². The van der Waals surface area contributed by atoms with Gasteiger partial charge in [-0.05, 0) is 62.5 Å². The molecule has 1 fully saturated rings. The number of nitrogens with one attached hydrogen (secondary N) is 2. The zero-order valence-electron chi connectivity index (χ0n) is 14.2. The number of carbonyl (C=O) groups is 2. The Morgan fingerprint density at radius 1 is 1.25 bits per heavy atom. The molecule has 0 radical (unpaired) electrons. The van der Waals surface area contributed by atoms with Crippen molar-refractivity contribution in [3.05, 3.63) is 29.8 Å². The summed E-state index contributed by atoms with van der Waals surface area (Å²) in [5, 5.41) is 6.27. The number of benzene rings is 1. The van der Waals surface area contributed by atoms with Crippen LogP contribution in [0.15, 0.2) is 24.3 Å². The number of hydrogen-bond acceptors (Lipinski definition) is 4. The summed E-state index contributed by atoms with van der Waals surface area (Å²) in [5.74, 6) is 1.53. The third kappa shape index (κ3) is 6.89. The van der Waals surface area contributed by atoms with Crippen molar-refractivity contribution in [2.24, 2.45) is 5.92 Å². The summed E-state index contributed by atoms with van der Waals surface area (Å²) in [6.45, 7) is 2.88. The number of hydrogen-bond donors (Lipinski definition) is 2. The van der Waals surface area contributed by atoms with Crippen molar-refractivity contribution in [2.75, 3.05) is 26.7 Å². The molecule has 2 rings (SSSR count). The van der Waals surface area contributed by atoms with E-state index in [9.17, 15) is 9.59 Å². The molecule has 1 saturated heterocycles. The van der Waals surface area contributed by atoms with Gasteiger partial charge in [-0.2, -0.15) is 0 Å². The van der Waals surface area contributed by atoms with Crippen molar-refractivity contribution < 1.29 is 14.3 Å². The van der Waals surface area contributed by atoms with Gasteiger partial charge in [0.1, 0.15) is 5.75 Å². The molecule has 1 amide bonds. The topological polar surface area (TPSA) is 67.4 Å². The van der Waals surface area contributed by atoms with Gasteiger partial charge in [0.05, 0.1) is 7.11 Å². The van der Waals surface area contributed by atoms with Gasteiger partial charge < -0.3 is 15.4 Å². The average molecular weight is 355 g/mol. The Morgan fingerprint density at radius 2 is 2.00 bits per heavy atom. The smallest absolute Gasteiger partial charge is 0.220 e. The molecular formula is C18H27ClN2O3. The first kappa shape index (κ1) is 20.5. The fourth-order valence-corrected chi connectivity index (χ4v) is 2.80. The first-order valence-electron chi connectivity index (χ1n) is 8.33. The third-order valence-electron chi connectivity index (χ3n) is 4.26. The van der Waals surface area contributed by atoms with Gasteiger partial charge in [-0.1, -0.05) is 0 Å². The fraction of sp³-hybridized carbons (Fsp3) is 0.556. The van der Waals surface area contributed by atoms with E-state index in [1.807, 2.05) is 0 Å². The predicted octanol–water partition coefficient (Wildman–Crippen LogP) is 2.59. The molecule has 1 aromatic rings. The molecule has 24 heavy (non-hydrogen) atoms. The van der Waals surface area contributed by atoms with E-state index in [0.717, 1.165) is 31.8 Å². The van der Waals surface area contributed by atoms with E-state index in [0.29, 0.717) is 30.7 Å². The first-order valence-corrected chi connectivity index (χ1v) is 8.33. The summed E-state index contributed by atoms with van der Waals surface area (Å²) in [6.07, 6.45) is 3.62. The van der Waals surface area contributed by atoms with Crippen LogP contribution in [0, 0.1) is 5.92 Å². The molecule has 1 aromatic carbocycles. The summed E-state index contributed by atoms with van der Waals surface area (Å²) in [6, 6.07) is 7.07. The SMILES string of the molecule is COc1ccc(C(=O)CCCC(=O)NCCC2CCNC2)cc1.Cl. The van der Waals surface area contributed by atoms with Crippen LogP contribution in [0.1, 0.15) is 42.5 Å². The second-order valence-corrected chi connectivity index (χ2v) is 6.00. The van der Waals surface area contributed by atoms with Crippen molar-refractivity contribution in [1.29, 1.82) is 0 Å². The van der Waals surface area contributed by atoms with Crippen molar-refractivity contribution in [2.45, 2.75) is 32.1 Å². The molecule has 0 saturated carbocycles. The first-order chi connectivity index (χ1) is 11.2. The van der Waals surface area contributed by atoms with E-state index < -0.39 is 0 Å². The fourth-order valence-electron chi connectivity index (χ4n) is 2.80. The normalized spacial score (nSPS) is 16.3. The van der Waals surface area contributed by atoms with Crippen molar-refractivity contribution in [3.8, 4) is 5.75 Å². The van der Waals surface area contributed by atoms with Crippen molar-refractivity contribution in [3.63, 3.8) is 0 Å². The Bertz CT molecular complexity index is 514. The van der Waals surface area contributed by atoms with Crippen LogP contribution in [0.4, 0.5) is 0 Å². The van der Waals surface area contributed by atoms with E-state index in [-0.39, 0.29) is 24.1 Å². The maximum atomic E-state index is 12.0. The zero-order chi connectivity index (χ0) is 16.5. The van der Waals surface area contributed by atoms with E-state index in [1.54, 1.807) is 31.4 Å². The minimum absolute atomic E-state index is 0. The lowest BCUT2D eigenvalue weighted by Gasteiger charge is -2.09. The standard InChI is InChI=1S/C18H26N2O3.ClH/c1-23-16-7-5-15(6-8-16)17(21)3-2-4-18(22)20-12-10-14-9-11-19-13-14;/h5-8,14,19H,2-4,9-13H2,1H3,(H,20,22);1H. The van der Waals surface area contributed by atoms with Gasteiger partial charge in [-0.15, -0.1) is 12.4 Å². The second-order valence-electron chi connectivity index (χ2n) is 6.00. The van der Waals surface area contributed by atoms with Crippen LogP contribution in [0.25, 0.3) is 0 Å². The molecule has 0 spiro atoms. The van der Waals surface area contributed by atoms with Gasteiger partial charge in [0.25, 0.3) is 0 Å². The minimum atomic E-state index is 0. The van der Waals surface area contributed by atoms with Crippen LogP contribution < -0.4 is 15.4 Å². The monoisotopic (exact) mass is 354 g/mol. The Morgan fingerprint density at radius 3 is 2.62 bits per heavy atom. The minimum Gasteiger partial charge on any atom is -0.497 e. The van der Waals surface area contributed by atoms with Gasteiger partial charge >= 0.3 is 0 Å². The molecule has 1 heterocycles. The van der Waals surface area contributed by atoms with E-state index in [2.05, 4.69) is 10.6 Å². The lowest BCUT2D eigenvalue weighted by Crippen LogP contribution is -2.26. The number of methoxy groups -OCH3 is 1. The highest BCUT2D eigenvalue weighted by atomic mass is 35.5. The maximum Gasteiger partial charge on any atom is 0.220 e. The highest BCUT2D eigenvalue weighted by molar-refractivity contribution is 5.96. The molecule has 5 nitrogen and oxygen atoms in total. The molecule has 0 aromatic heterocycles. The van der Waals surface area contributed by atoms with Gasteiger partial charge in [0.2, 0.25) is 5.91 Å². The lowest BCUT2D eigenvalue weighted by molar-refractivity contribution is -0.121. The molecule has 1 aliphatic rings. The molecule has 1 aliphatic heterocycles. The zero-order valence-corrected chi connectivity index (χ0v) is 15.0. The van der Waals surface area contributed by atoms with Crippen LogP contribution in [0.3, 0.4) is 0 Å². The number of halogens is 1. The van der Waals surface area contributed by atoms with E-state index in [1.165, 1.54) is 6.42 Å². The van der Waals surface area contributed by atoms with E-state index >= 15 is 0 Å². The van der Waals surface area contributed by atoms with Crippen LogP contribution in [0.2, 0.25) is 0 Å². The van der Waals surface area contributed by atoms with Crippen LogP contribution in [-0.2, 0) is 4.79 Å². The molecule has 0 bridgehead atoms. The largest absolute Gasteiger partial charge is 0.497 e. The number of amides is 1. The predicted molar refractivity (Wildman–Crippen MR) is 97.0 cm³/mol. The number of carbonyl (C=O) groups excluding carboxylic acids is 2. The summed E-state index contributed by atoms with van der Waals surface area (Å²) in [4.78, 5) is 23.8. The summed E-state index contributed by atoms with van der Waals surface area (Å²) < 4.78 is 5.07. The number of ether oxygens (including phenoxy) is 1. The lowest BCUT2D eigenvalue weighted by atomic mass is 10.0. The molecule has 1 atom stereocenters. The Kier molecular flexibility index (Phi) is 9.42. The number of Topliss-reactive ketones (excluding diaryl/α,β-unsaturated/α-hetero) is 1.